The van der Waals surface area contributed by atoms with E-state index in [1.165, 1.54) is 12.8 Å². The van der Waals surface area contributed by atoms with Crippen molar-refractivity contribution in [1.82, 2.24) is 0 Å². The van der Waals surface area contributed by atoms with Crippen LogP contribution in [0.4, 0.5) is 0 Å². The highest BCUT2D eigenvalue weighted by Crippen LogP contribution is 2.17. The summed E-state index contributed by atoms with van der Waals surface area (Å²) in [6.07, 6.45) is 6.89. The highest BCUT2D eigenvalue weighted by molar-refractivity contribution is 4.96. The lowest BCUT2D eigenvalue weighted by Crippen LogP contribution is -2.13. The number of ether oxygens (including phenoxy) is 5. The van der Waals surface area contributed by atoms with E-state index in [-0.39, 0.29) is 6.61 Å². The van der Waals surface area contributed by atoms with E-state index >= 15 is 0 Å². The van der Waals surface area contributed by atoms with Gasteiger partial charge in [-0.05, 0) is 25.3 Å². The van der Waals surface area contributed by atoms with E-state index in [0.29, 0.717) is 59.5 Å². The Morgan fingerprint density at radius 2 is 1.27 bits per heavy atom. The largest absolute Gasteiger partial charge is 0.496 e. The van der Waals surface area contributed by atoms with Crippen molar-refractivity contribution in [3.63, 3.8) is 0 Å². The number of aliphatic hydroxyl groups is 1. The van der Waals surface area contributed by atoms with Crippen molar-refractivity contribution in [2.75, 3.05) is 66.1 Å². The van der Waals surface area contributed by atoms with Gasteiger partial charge in [-0.3, -0.25) is 0 Å². The highest BCUT2D eigenvalue weighted by atomic mass is 16.6. The summed E-state index contributed by atoms with van der Waals surface area (Å²) < 4.78 is 26.8. The van der Waals surface area contributed by atoms with Crippen LogP contribution in [0.15, 0.2) is 11.8 Å². The van der Waals surface area contributed by atoms with Crippen LogP contribution >= 0.6 is 0 Å². The predicted molar refractivity (Wildman–Crippen MR) is 82.9 cm³/mol. The molecule has 0 heterocycles. The lowest BCUT2D eigenvalue weighted by Gasteiger charge is -2.14. The number of hydrogen-bond donors (Lipinski definition) is 1. The van der Waals surface area contributed by atoms with Crippen molar-refractivity contribution in [2.45, 2.75) is 25.7 Å². The molecule has 1 aliphatic rings. The summed E-state index contributed by atoms with van der Waals surface area (Å²) in [4.78, 5) is 0. The standard InChI is InChI=1S/C16H30O6/c17-6-7-18-8-9-19-10-11-20-12-13-21-14-15-22-16-4-2-1-3-5-16/h4,17H,1-3,5-15H2. The summed E-state index contributed by atoms with van der Waals surface area (Å²) in [6, 6.07) is 0. The monoisotopic (exact) mass is 318 g/mol. The van der Waals surface area contributed by atoms with Gasteiger partial charge in [0.25, 0.3) is 0 Å². The molecule has 0 aliphatic heterocycles. The Morgan fingerprint density at radius 3 is 1.77 bits per heavy atom. The van der Waals surface area contributed by atoms with Gasteiger partial charge in [-0.1, -0.05) is 0 Å². The molecule has 0 fully saturated rings. The third-order valence-electron chi connectivity index (χ3n) is 3.12. The molecule has 0 amide bonds. The maximum atomic E-state index is 8.50. The SMILES string of the molecule is OCCOCCOCCOCCOCCOC1=CCCCC1. The fourth-order valence-electron chi connectivity index (χ4n) is 2.00. The molecule has 6 heteroatoms. The molecular weight excluding hydrogens is 288 g/mol. The Morgan fingerprint density at radius 1 is 0.727 bits per heavy atom. The van der Waals surface area contributed by atoms with Crippen LogP contribution in [-0.2, 0) is 23.7 Å². The predicted octanol–water partition coefficient (Wildman–Crippen LogP) is 1.52. The molecule has 0 aromatic heterocycles. The van der Waals surface area contributed by atoms with Gasteiger partial charge in [-0.2, -0.15) is 0 Å². The normalized spacial score (nSPS) is 14.9. The molecule has 6 nitrogen and oxygen atoms in total. The Hall–Kier alpha value is -0.660. The first-order valence-corrected chi connectivity index (χ1v) is 8.17. The average molecular weight is 318 g/mol. The third-order valence-corrected chi connectivity index (χ3v) is 3.12. The lowest BCUT2D eigenvalue weighted by atomic mass is 10.1. The maximum absolute atomic E-state index is 8.50. The van der Waals surface area contributed by atoms with Crippen LogP contribution in [-0.4, -0.2) is 71.2 Å². The Kier molecular flexibility index (Phi) is 13.4. The van der Waals surface area contributed by atoms with Gasteiger partial charge >= 0.3 is 0 Å². The van der Waals surface area contributed by atoms with Gasteiger partial charge in [-0.25, -0.2) is 0 Å². The fourth-order valence-corrected chi connectivity index (χ4v) is 2.00. The van der Waals surface area contributed by atoms with Crippen LogP contribution in [0.2, 0.25) is 0 Å². The second kappa shape index (κ2) is 15.2. The van der Waals surface area contributed by atoms with Gasteiger partial charge in [0.15, 0.2) is 0 Å². The molecule has 0 bridgehead atoms. The van der Waals surface area contributed by atoms with Gasteiger partial charge in [0.05, 0.1) is 65.2 Å². The molecular formula is C16H30O6. The van der Waals surface area contributed by atoms with E-state index < -0.39 is 0 Å². The van der Waals surface area contributed by atoms with Crippen molar-refractivity contribution in [3.8, 4) is 0 Å². The van der Waals surface area contributed by atoms with Crippen LogP contribution < -0.4 is 0 Å². The fraction of sp³-hybridized carbons (Fsp3) is 0.875. The topological polar surface area (TPSA) is 66.4 Å². The molecule has 0 spiro atoms. The van der Waals surface area contributed by atoms with Crippen molar-refractivity contribution in [1.29, 1.82) is 0 Å². The zero-order valence-corrected chi connectivity index (χ0v) is 13.5. The second-order valence-electron chi connectivity index (χ2n) is 4.94. The first kappa shape index (κ1) is 19.4. The molecule has 0 unspecified atom stereocenters. The van der Waals surface area contributed by atoms with E-state index in [9.17, 15) is 0 Å². The second-order valence-corrected chi connectivity index (χ2v) is 4.94. The molecule has 0 radical (unpaired) electrons. The quantitative estimate of drug-likeness (QED) is 0.462. The van der Waals surface area contributed by atoms with Crippen molar-refractivity contribution < 1.29 is 28.8 Å². The summed E-state index contributed by atoms with van der Waals surface area (Å²) in [5.74, 6) is 1.12. The van der Waals surface area contributed by atoms with Crippen LogP contribution in [0.1, 0.15) is 25.7 Å². The van der Waals surface area contributed by atoms with Crippen LogP contribution in [0.5, 0.6) is 0 Å². The summed E-state index contributed by atoms with van der Waals surface area (Å²) in [5, 5.41) is 8.50. The molecule has 0 saturated carbocycles. The minimum Gasteiger partial charge on any atom is -0.496 e. The molecule has 0 atom stereocenters. The summed E-state index contributed by atoms with van der Waals surface area (Å²) in [7, 11) is 0. The Balaban J connectivity index is 1.70. The molecule has 1 aliphatic carbocycles. The third kappa shape index (κ3) is 11.9. The van der Waals surface area contributed by atoms with Crippen LogP contribution in [0.3, 0.4) is 0 Å². The first-order chi connectivity index (χ1) is 10.9. The molecule has 1 rings (SSSR count). The van der Waals surface area contributed by atoms with E-state index in [1.54, 1.807) is 0 Å². The lowest BCUT2D eigenvalue weighted by molar-refractivity contribution is -0.0102. The van der Waals surface area contributed by atoms with E-state index in [1.807, 2.05) is 0 Å². The maximum Gasteiger partial charge on any atom is 0.111 e. The minimum absolute atomic E-state index is 0.0474. The number of hydrogen-bond acceptors (Lipinski definition) is 6. The zero-order chi connectivity index (χ0) is 15.7. The summed E-state index contributed by atoms with van der Waals surface area (Å²) >= 11 is 0. The average Bonchev–Trinajstić information content (AvgIpc) is 2.56. The minimum atomic E-state index is 0.0474. The Bertz CT molecular complexity index is 269. The van der Waals surface area contributed by atoms with Gasteiger partial charge in [0.1, 0.15) is 6.61 Å². The molecule has 1 N–H and O–H groups in total. The summed E-state index contributed by atoms with van der Waals surface area (Å²) in [5.41, 5.74) is 0. The van der Waals surface area contributed by atoms with Crippen molar-refractivity contribution >= 4 is 0 Å². The number of allylic oxidation sites excluding steroid dienone is 2. The van der Waals surface area contributed by atoms with Gasteiger partial charge in [0.2, 0.25) is 0 Å². The van der Waals surface area contributed by atoms with Crippen molar-refractivity contribution in [3.05, 3.63) is 11.8 Å². The number of aliphatic hydroxyl groups excluding tert-OH is 1. The van der Waals surface area contributed by atoms with Gasteiger partial charge in [-0.15, -0.1) is 0 Å². The molecule has 0 saturated heterocycles. The number of rotatable bonds is 15. The van der Waals surface area contributed by atoms with Crippen molar-refractivity contribution in [2.24, 2.45) is 0 Å². The molecule has 130 valence electrons. The summed E-state index contributed by atoms with van der Waals surface area (Å²) in [6.45, 7) is 4.86. The molecule has 22 heavy (non-hydrogen) atoms. The first-order valence-electron chi connectivity index (χ1n) is 8.17. The molecule has 0 aromatic rings. The van der Waals surface area contributed by atoms with Crippen LogP contribution in [0.25, 0.3) is 0 Å². The van der Waals surface area contributed by atoms with E-state index in [4.69, 9.17) is 28.8 Å². The Labute approximate surface area is 133 Å². The molecule has 0 aromatic carbocycles. The zero-order valence-electron chi connectivity index (χ0n) is 13.5. The van der Waals surface area contributed by atoms with Crippen LogP contribution in [0, 0.1) is 0 Å². The highest BCUT2D eigenvalue weighted by Gasteiger charge is 2.03. The van der Waals surface area contributed by atoms with E-state index in [2.05, 4.69) is 6.08 Å². The van der Waals surface area contributed by atoms with Gasteiger partial charge < -0.3 is 28.8 Å². The van der Waals surface area contributed by atoms with E-state index in [0.717, 1.165) is 18.6 Å². The smallest absolute Gasteiger partial charge is 0.111 e. The van der Waals surface area contributed by atoms with Gasteiger partial charge in [0, 0.05) is 6.42 Å².